The Kier molecular flexibility index (Phi) is 6.29. The van der Waals surface area contributed by atoms with Crippen LogP contribution in [0, 0.1) is 5.41 Å². The summed E-state index contributed by atoms with van der Waals surface area (Å²) in [6.45, 7) is 1.47. The van der Waals surface area contributed by atoms with Gasteiger partial charge in [0.2, 0.25) is 11.8 Å². The first-order chi connectivity index (χ1) is 13.1. The second kappa shape index (κ2) is 8.67. The van der Waals surface area contributed by atoms with Gasteiger partial charge in [0.1, 0.15) is 0 Å². The molecule has 0 unspecified atom stereocenters. The Morgan fingerprint density at radius 2 is 2.07 bits per heavy atom. The molecule has 1 fully saturated rings. The van der Waals surface area contributed by atoms with Crippen LogP contribution in [-0.2, 0) is 20.7 Å². The molecule has 144 valence electrons. The monoisotopic (exact) mass is 386 g/mol. The Morgan fingerprint density at radius 1 is 1.26 bits per heavy atom. The molecule has 0 spiro atoms. The van der Waals surface area contributed by atoms with Crippen molar-refractivity contribution < 1.29 is 14.3 Å². The van der Waals surface area contributed by atoms with E-state index in [1.165, 1.54) is 10.4 Å². The van der Waals surface area contributed by atoms with E-state index < -0.39 is 5.41 Å². The van der Waals surface area contributed by atoms with Crippen molar-refractivity contribution in [2.75, 3.05) is 33.9 Å². The van der Waals surface area contributed by atoms with E-state index >= 15 is 0 Å². The van der Waals surface area contributed by atoms with E-state index in [0.29, 0.717) is 39.0 Å². The molecule has 2 heterocycles. The highest BCUT2D eigenvalue weighted by Crippen LogP contribution is 2.38. The molecule has 1 aromatic carbocycles. The highest BCUT2D eigenvalue weighted by molar-refractivity contribution is 7.13. The molecule has 1 atom stereocenters. The number of methoxy groups -OCH3 is 1. The molecule has 1 saturated heterocycles. The Hall–Kier alpha value is -2.18. The maximum absolute atomic E-state index is 12.8. The Balaban J connectivity index is 1.86. The van der Waals surface area contributed by atoms with E-state index in [1.54, 1.807) is 25.5 Å². The van der Waals surface area contributed by atoms with Gasteiger partial charge in [-0.15, -0.1) is 11.3 Å². The Labute approximate surface area is 164 Å². The smallest absolute Gasteiger partial charge is 0.228 e. The highest BCUT2D eigenvalue weighted by atomic mass is 32.1. The molecule has 0 saturated carbocycles. The second-order valence-corrected chi connectivity index (χ2v) is 7.93. The average molecular weight is 387 g/mol. The zero-order chi connectivity index (χ0) is 19.3. The molecular formula is C21H26N2O3S. The normalized spacial score (nSPS) is 19.3. The number of hydrogen-bond donors (Lipinski definition) is 1. The second-order valence-electron chi connectivity index (χ2n) is 6.98. The highest BCUT2D eigenvalue weighted by Gasteiger charge is 2.45. The van der Waals surface area contributed by atoms with Crippen LogP contribution in [-0.4, -0.2) is 50.6 Å². The number of amides is 2. The molecule has 3 rings (SSSR count). The van der Waals surface area contributed by atoms with Crippen molar-refractivity contribution in [2.24, 2.45) is 5.41 Å². The molecular weight excluding hydrogens is 360 g/mol. The van der Waals surface area contributed by atoms with E-state index in [2.05, 4.69) is 28.9 Å². The van der Waals surface area contributed by atoms with Gasteiger partial charge in [-0.05, 0) is 35.4 Å². The first-order valence-electron chi connectivity index (χ1n) is 9.20. The van der Waals surface area contributed by atoms with Crippen LogP contribution in [0.5, 0.6) is 0 Å². The van der Waals surface area contributed by atoms with Crippen molar-refractivity contribution in [1.29, 1.82) is 0 Å². The minimum atomic E-state index is -0.592. The minimum absolute atomic E-state index is 0.00511. The van der Waals surface area contributed by atoms with Crippen molar-refractivity contribution in [3.05, 3.63) is 47.3 Å². The van der Waals surface area contributed by atoms with E-state index in [9.17, 15) is 9.59 Å². The van der Waals surface area contributed by atoms with Crippen LogP contribution in [0.3, 0.4) is 0 Å². The number of rotatable bonds is 7. The third-order valence-electron chi connectivity index (χ3n) is 5.27. The lowest BCUT2D eigenvalue weighted by atomic mass is 9.78. The van der Waals surface area contributed by atoms with Gasteiger partial charge >= 0.3 is 0 Å². The third-order valence-corrected chi connectivity index (χ3v) is 6.17. The summed E-state index contributed by atoms with van der Waals surface area (Å²) in [7, 11) is 3.26. The molecule has 0 bridgehead atoms. The molecule has 1 aliphatic heterocycles. The Morgan fingerprint density at radius 3 is 2.78 bits per heavy atom. The predicted octanol–water partition coefficient (Wildman–Crippen LogP) is 2.96. The number of nitrogens with one attached hydrogen (secondary N) is 1. The van der Waals surface area contributed by atoms with E-state index in [4.69, 9.17) is 4.74 Å². The van der Waals surface area contributed by atoms with Gasteiger partial charge in [-0.25, -0.2) is 0 Å². The lowest BCUT2D eigenvalue weighted by molar-refractivity contribution is -0.133. The van der Waals surface area contributed by atoms with Crippen molar-refractivity contribution in [3.63, 3.8) is 0 Å². The fourth-order valence-electron chi connectivity index (χ4n) is 3.82. The van der Waals surface area contributed by atoms with Crippen LogP contribution in [0.1, 0.15) is 18.4 Å². The van der Waals surface area contributed by atoms with Gasteiger partial charge in [0, 0.05) is 32.1 Å². The van der Waals surface area contributed by atoms with Crippen LogP contribution < -0.4 is 5.32 Å². The largest absolute Gasteiger partial charge is 0.384 e. The minimum Gasteiger partial charge on any atom is -0.384 e. The van der Waals surface area contributed by atoms with E-state index in [-0.39, 0.29) is 11.8 Å². The van der Waals surface area contributed by atoms with Gasteiger partial charge in [0.25, 0.3) is 0 Å². The maximum Gasteiger partial charge on any atom is 0.228 e. The van der Waals surface area contributed by atoms with Crippen LogP contribution in [0.4, 0.5) is 0 Å². The summed E-state index contributed by atoms with van der Waals surface area (Å²) in [5.74, 6) is 0.0553. The molecule has 1 N–H and O–H groups in total. The number of carbonyl (C=O) groups is 2. The number of ether oxygens (including phenoxy) is 1. The molecule has 1 aromatic heterocycles. The first-order valence-corrected chi connectivity index (χ1v) is 10.1. The zero-order valence-corrected chi connectivity index (χ0v) is 16.7. The maximum atomic E-state index is 12.8. The summed E-state index contributed by atoms with van der Waals surface area (Å²) >= 11 is 1.70. The number of hydrogen-bond acceptors (Lipinski definition) is 4. The van der Waals surface area contributed by atoms with Crippen LogP contribution in [0.25, 0.3) is 10.4 Å². The average Bonchev–Trinajstić information content (AvgIpc) is 3.37. The predicted molar refractivity (Wildman–Crippen MR) is 108 cm³/mol. The number of thiophene rings is 1. The quantitative estimate of drug-likeness (QED) is 0.796. The van der Waals surface area contributed by atoms with Crippen LogP contribution in [0.15, 0.2) is 41.8 Å². The molecule has 5 nitrogen and oxygen atoms in total. The van der Waals surface area contributed by atoms with Gasteiger partial charge in [-0.3, -0.25) is 9.59 Å². The lowest BCUT2D eigenvalue weighted by Crippen LogP contribution is -2.44. The fraction of sp³-hybridized carbons (Fsp3) is 0.429. The molecule has 2 aromatic rings. The molecule has 6 heteroatoms. The molecule has 2 amide bonds. The van der Waals surface area contributed by atoms with Crippen molar-refractivity contribution in [1.82, 2.24) is 10.2 Å². The van der Waals surface area contributed by atoms with Crippen LogP contribution in [0.2, 0.25) is 0 Å². The molecule has 1 aliphatic rings. The topological polar surface area (TPSA) is 58.6 Å². The number of nitrogens with zero attached hydrogens (tertiary/aromatic N) is 1. The van der Waals surface area contributed by atoms with Crippen molar-refractivity contribution in [3.8, 4) is 10.4 Å². The number of benzene rings is 1. The molecule has 27 heavy (non-hydrogen) atoms. The summed E-state index contributed by atoms with van der Waals surface area (Å²) in [6.07, 6.45) is 1.64. The Bertz CT molecular complexity index is 790. The van der Waals surface area contributed by atoms with E-state index in [1.807, 2.05) is 23.1 Å². The summed E-state index contributed by atoms with van der Waals surface area (Å²) in [5.41, 5.74) is 1.72. The standard InChI is InChI=1S/C21H26N2O3S/c1-22-20(25)21(10-11-23(15-21)19(24)9-12-26-2)14-16-6-3-4-7-17(16)18-8-5-13-27-18/h3-8,13H,9-12,14-15H2,1-2H3,(H,22,25)/t21-/m0/s1. The van der Waals surface area contributed by atoms with Gasteiger partial charge in [-0.2, -0.15) is 0 Å². The van der Waals surface area contributed by atoms with Crippen molar-refractivity contribution in [2.45, 2.75) is 19.3 Å². The molecule has 0 aliphatic carbocycles. The van der Waals surface area contributed by atoms with Gasteiger partial charge < -0.3 is 15.0 Å². The SMILES string of the molecule is CNC(=O)[C@]1(Cc2ccccc2-c2cccs2)CCN(C(=O)CCOC)C1. The van der Waals surface area contributed by atoms with Crippen LogP contribution >= 0.6 is 11.3 Å². The van der Waals surface area contributed by atoms with Crippen molar-refractivity contribution >= 4 is 23.2 Å². The number of carbonyl (C=O) groups excluding carboxylic acids is 2. The summed E-state index contributed by atoms with van der Waals surface area (Å²) in [6, 6.07) is 12.4. The van der Waals surface area contributed by atoms with Gasteiger partial charge in [0.15, 0.2) is 0 Å². The van der Waals surface area contributed by atoms with Gasteiger partial charge in [0.05, 0.1) is 18.4 Å². The summed E-state index contributed by atoms with van der Waals surface area (Å²) in [4.78, 5) is 28.3. The summed E-state index contributed by atoms with van der Waals surface area (Å²) < 4.78 is 5.02. The molecule has 0 radical (unpaired) electrons. The third kappa shape index (κ3) is 4.22. The van der Waals surface area contributed by atoms with Gasteiger partial charge in [-0.1, -0.05) is 30.3 Å². The van der Waals surface area contributed by atoms with E-state index in [0.717, 1.165) is 5.56 Å². The zero-order valence-electron chi connectivity index (χ0n) is 15.9. The number of likely N-dealkylation sites (tertiary alicyclic amines) is 1. The summed E-state index contributed by atoms with van der Waals surface area (Å²) in [5, 5.41) is 4.89. The fourth-order valence-corrected chi connectivity index (χ4v) is 4.61. The first kappa shape index (κ1) is 19.6. The lowest BCUT2D eigenvalue weighted by Gasteiger charge is -2.28.